The van der Waals surface area contributed by atoms with Crippen molar-refractivity contribution in [2.75, 3.05) is 6.26 Å². The summed E-state index contributed by atoms with van der Waals surface area (Å²) in [4.78, 5) is 2.40. The number of aliphatic hydroxyl groups excluding tert-OH is 1. The maximum Gasteiger partial charge on any atom is 0.105 e. The Bertz CT molecular complexity index is 459. The van der Waals surface area contributed by atoms with Gasteiger partial charge in [0.1, 0.15) is 6.10 Å². The number of aliphatic hydroxyl groups is 1. The highest BCUT2D eigenvalue weighted by molar-refractivity contribution is 7.98. The number of aryl methyl sites for hydroxylation is 1. The molecule has 0 amide bonds. The van der Waals surface area contributed by atoms with Crippen LogP contribution in [0.4, 0.5) is 0 Å². The maximum atomic E-state index is 10.2. The smallest absolute Gasteiger partial charge is 0.105 e. The minimum Gasteiger partial charge on any atom is -0.384 e. The number of benzene rings is 1. The van der Waals surface area contributed by atoms with Gasteiger partial charge in [-0.2, -0.15) is 0 Å². The third-order valence-electron chi connectivity index (χ3n) is 2.63. The van der Waals surface area contributed by atoms with Gasteiger partial charge < -0.3 is 5.11 Å². The van der Waals surface area contributed by atoms with E-state index in [-0.39, 0.29) is 0 Å². The third kappa shape index (κ3) is 2.32. The Morgan fingerprint density at radius 3 is 2.38 bits per heavy atom. The SMILES string of the molecule is CSc1ccc(C(O)c2ccsc2C)cc1. The van der Waals surface area contributed by atoms with Crippen LogP contribution in [0.1, 0.15) is 22.1 Å². The molecule has 0 bridgehead atoms. The summed E-state index contributed by atoms with van der Waals surface area (Å²) in [7, 11) is 0. The van der Waals surface area contributed by atoms with Crippen molar-refractivity contribution in [2.24, 2.45) is 0 Å². The minimum atomic E-state index is -0.498. The van der Waals surface area contributed by atoms with Crippen LogP contribution in [0.3, 0.4) is 0 Å². The first-order valence-corrected chi connectivity index (χ1v) is 7.19. The Hall–Kier alpha value is -0.770. The molecule has 16 heavy (non-hydrogen) atoms. The molecule has 1 nitrogen and oxygen atoms in total. The Morgan fingerprint density at radius 1 is 1.19 bits per heavy atom. The summed E-state index contributed by atoms with van der Waals surface area (Å²) in [6.07, 6.45) is 1.55. The lowest BCUT2D eigenvalue weighted by Gasteiger charge is -2.11. The Morgan fingerprint density at radius 2 is 1.88 bits per heavy atom. The van der Waals surface area contributed by atoms with E-state index in [1.54, 1.807) is 23.1 Å². The monoisotopic (exact) mass is 250 g/mol. The molecule has 0 spiro atoms. The molecule has 0 fully saturated rings. The van der Waals surface area contributed by atoms with Crippen LogP contribution in [0.15, 0.2) is 40.6 Å². The molecule has 0 saturated heterocycles. The molecule has 1 aromatic carbocycles. The molecular weight excluding hydrogens is 236 g/mol. The minimum absolute atomic E-state index is 0.498. The van der Waals surface area contributed by atoms with Gasteiger partial charge in [-0.1, -0.05) is 12.1 Å². The highest BCUT2D eigenvalue weighted by Crippen LogP contribution is 2.28. The van der Waals surface area contributed by atoms with Crippen LogP contribution in [0.5, 0.6) is 0 Å². The lowest BCUT2D eigenvalue weighted by molar-refractivity contribution is 0.220. The summed E-state index contributed by atoms with van der Waals surface area (Å²) in [6.45, 7) is 2.04. The van der Waals surface area contributed by atoms with E-state index in [1.165, 1.54) is 9.77 Å². The van der Waals surface area contributed by atoms with Gasteiger partial charge in [-0.05, 0) is 47.9 Å². The van der Waals surface area contributed by atoms with E-state index in [0.29, 0.717) is 0 Å². The Labute approximate surface area is 104 Å². The molecule has 1 heterocycles. The molecule has 1 aromatic heterocycles. The molecule has 2 aromatic rings. The number of rotatable bonds is 3. The summed E-state index contributed by atoms with van der Waals surface area (Å²) in [5, 5.41) is 12.2. The zero-order valence-electron chi connectivity index (χ0n) is 9.31. The largest absolute Gasteiger partial charge is 0.384 e. The van der Waals surface area contributed by atoms with Crippen LogP contribution in [0.2, 0.25) is 0 Å². The topological polar surface area (TPSA) is 20.2 Å². The van der Waals surface area contributed by atoms with Gasteiger partial charge in [0, 0.05) is 9.77 Å². The molecule has 1 unspecified atom stereocenters. The van der Waals surface area contributed by atoms with Crippen LogP contribution in [-0.2, 0) is 0 Å². The van der Waals surface area contributed by atoms with Gasteiger partial charge in [-0.25, -0.2) is 0 Å². The summed E-state index contributed by atoms with van der Waals surface area (Å²) < 4.78 is 0. The van der Waals surface area contributed by atoms with Crippen molar-refractivity contribution in [1.29, 1.82) is 0 Å². The quantitative estimate of drug-likeness (QED) is 0.835. The summed E-state index contributed by atoms with van der Waals surface area (Å²) in [5.74, 6) is 0. The third-order valence-corrected chi connectivity index (χ3v) is 4.23. The molecule has 1 N–H and O–H groups in total. The van der Waals surface area contributed by atoms with Crippen LogP contribution >= 0.6 is 23.1 Å². The number of thioether (sulfide) groups is 1. The molecule has 0 aliphatic rings. The van der Waals surface area contributed by atoms with Crippen LogP contribution < -0.4 is 0 Å². The Balaban J connectivity index is 2.27. The first kappa shape index (κ1) is 11.7. The standard InChI is InChI=1S/C13H14OS2/c1-9-12(7-8-16-9)13(14)10-3-5-11(15-2)6-4-10/h3-8,13-14H,1-2H3. The maximum absolute atomic E-state index is 10.2. The van der Waals surface area contributed by atoms with Crippen LogP contribution in [0, 0.1) is 6.92 Å². The summed E-state index contributed by atoms with van der Waals surface area (Å²) in [6, 6.07) is 10.1. The fourth-order valence-electron chi connectivity index (χ4n) is 1.64. The lowest BCUT2D eigenvalue weighted by Crippen LogP contribution is -1.99. The van der Waals surface area contributed by atoms with Crippen molar-refractivity contribution in [2.45, 2.75) is 17.9 Å². The fourth-order valence-corrected chi connectivity index (χ4v) is 2.79. The molecule has 1 atom stereocenters. The highest BCUT2D eigenvalue weighted by atomic mass is 32.2. The molecular formula is C13H14OS2. The average molecular weight is 250 g/mol. The van der Waals surface area contributed by atoms with E-state index in [1.807, 2.05) is 42.6 Å². The van der Waals surface area contributed by atoms with Crippen LogP contribution in [0.25, 0.3) is 0 Å². The van der Waals surface area contributed by atoms with Crippen molar-refractivity contribution < 1.29 is 5.11 Å². The van der Waals surface area contributed by atoms with Gasteiger partial charge in [0.05, 0.1) is 0 Å². The first-order chi connectivity index (χ1) is 7.72. The average Bonchev–Trinajstić information content (AvgIpc) is 2.75. The summed E-state index contributed by atoms with van der Waals surface area (Å²) >= 11 is 3.38. The Kier molecular flexibility index (Phi) is 3.69. The van der Waals surface area contributed by atoms with Crippen molar-refractivity contribution in [3.05, 3.63) is 51.7 Å². The van der Waals surface area contributed by atoms with E-state index in [0.717, 1.165) is 11.1 Å². The van der Waals surface area contributed by atoms with Crippen molar-refractivity contribution >= 4 is 23.1 Å². The highest BCUT2D eigenvalue weighted by Gasteiger charge is 2.13. The normalized spacial score (nSPS) is 12.7. The first-order valence-electron chi connectivity index (χ1n) is 5.08. The van der Waals surface area contributed by atoms with Crippen molar-refractivity contribution in [3.63, 3.8) is 0 Å². The van der Waals surface area contributed by atoms with Gasteiger partial charge in [0.25, 0.3) is 0 Å². The van der Waals surface area contributed by atoms with E-state index in [9.17, 15) is 5.11 Å². The van der Waals surface area contributed by atoms with Gasteiger partial charge in [-0.3, -0.25) is 0 Å². The van der Waals surface area contributed by atoms with Gasteiger partial charge in [0.2, 0.25) is 0 Å². The van der Waals surface area contributed by atoms with Crippen molar-refractivity contribution in [1.82, 2.24) is 0 Å². The molecule has 3 heteroatoms. The molecule has 2 rings (SSSR count). The zero-order valence-corrected chi connectivity index (χ0v) is 10.9. The van der Waals surface area contributed by atoms with E-state index >= 15 is 0 Å². The van der Waals surface area contributed by atoms with E-state index in [2.05, 4.69) is 6.26 Å². The van der Waals surface area contributed by atoms with Gasteiger partial charge >= 0.3 is 0 Å². The molecule has 0 aliphatic carbocycles. The number of hydrogen-bond donors (Lipinski definition) is 1. The molecule has 0 radical (unpaired) electrons. The second kappa shape index (κ2) is 5.04. The van der Waals surface area contributed by atoms with Crippen molar-refractivity contribution in [3.8, 4) is 0 Å². The predicted molar refractivity (Wildman–Crippen MR) is 71.3 cm³/mol. The number of hydrogen-bond acceptors (Lipinski definition) is 3. The van der Waals surface area contributed by atoms with Gasteiger partial charge in [-0.15, -0.1) is 23.1 Å². The molecule has 0 saturated carbocycles. The fraction of sp³-hybridized carbons (Fsp3) is 0.231. The lowest BCUT2D eigenvalue weighted by atomic mass is 10.0. The summed E-state index contributed by atoms with van der Waals surface area (Å²) in [5.41, 5.74) is 1.97. The van der Waals surface area contributed by atoms with E-state index in [4.69, 9.17) is 0 Å². The van der Waals surface area contributed by atoms with Gasteiger partial charge in [0.15, 0.2) is 0 Å². The second-order valence-corrected chi connectivity index (χ2v) is 5.61. The number of thiophene rings is 1. The molecule has 84 valence electrons. The zero-order chi connectivity index (χ0) is 11.5. The predicted octanol–water partition coefficient (Wildman–Crippen LogP) is 3.86. The second-order valence-electron chi connectivity index (χ2n) is 3.61. The van der Waals surface area contributed by atoms with Crippen LogP contribution in [-0.4, -0.2) is 11.4 Å². The molecule has 0 aliphatic heterocycles. The van der Waals surface area contributed by atoms with E-state index < -0.39 is 6.10 Å².